The number of hydrogen-bond donors (Lipinski definition) is 2. The van der Waals surface area contributed by atoms with Crippen LogP contribution in [0.5, 0.6) is 0 Å². The van der Waals surface area contributed by atoms with Crippen molar-refractivity contribution >= 4 is 23.1 Å². The lowest BCUT2D eigenvalue weighted by Crippen LogP contribution is -2.45. The molecule has 0 aromatic carbocycles. The van der Waals surface area contributed by atoms with Gasteiger partial charge in [0.1, 0.15) is 17.5 Å². The summed E-state index contributed by atoms with van der Waals surface area (Å²) < 4.78 is 15.6. The fourth-order valence-corrected chi connectivity index (χ4v) is 2.80. The van der Waals surface area contributed by atoms with Crippen molar-refractivity contribution in [3.05, 3.63) is 17.2 Å². The molecule has 22 heavy (non-hydrogen) atoms. The van der Waals surface area contributed by atoms with Crippen molar-refractivity contribution in [2.45, 2.75) is 44.8 Å². The Morgan fingerprint density at radius 2 is 2.41 bits per heavy atom. The van der Waals surface area contributed by atoms with E-state index in [4.69, 9.17) is 11.6 Å². The number of hydrogen-bond acceptors (Lipinski definition) is 5. The van der Waals surface area contributed by atoms with Crippen molar-refractivity contribution < 1.29 is 4.39 Å². The zero-order chi connectivity index (χ0) is 15.7. The van der Waals surface area contributed by atoms with Crippen LogP contribution in [0.3, 0.4) is 0 Å². The smallest absolute Gasteiger partial charge is 0.241 e. The van der Waals surface area contributed by atoms with Crippen molar-refractivity contribution in [1.29, 1.82) is 0 Å². The molecule has 120 valence electrons. The van der Waals surface area contributed by atoms with Gasteiger partial charge >= 0.3 is 0 Å². The second-order valence-corrected chi connectivity index (χ2v) is 6.07. The number of nitrogens with one attached hydrogen (secondary N) is 2. The van der Waals surface area contributed by atoms with Crippen LogP contribution in [0.25, 0.3) is 5.52 Å². The number of fused-ring (bicyclic) bond motifs is 1. The van der Waals surface area contributed by atoms with Crippen molar-refractivity contribution in [3.8, 4) is 0 Å². The average molecular weight is 327 g/mol. The number of imidazole rings is 1. The predicted molar refractivity (Wildman–Crippen MR) is 84.3 cm³/mol. The molecule has 3 atom stereocenters. The second-order valence-electron chi connectivity index (χ2n) is 5.71. The average Bonchev–Trinajstić information content (AvgIpc) is 2.85. The maximum atomic E-state index is 13.9. The molecule has 0 amide bonds. The monoisotopic (exact) mass is 326 g/mol. The van der Waals surface area contributed by atoms with Gasteiger partial charge < -0.3 is 10.6 Å². The van der Waals surface area contributed by atoms with Crippen LogP contribution >= 0.6 is 11.6 Å². The van der Waals surface area contributed by atoms with E-state index in [2.05, 4.69) is 39.5 Å². The summed E-state index contributed by atoms with van der Waals surface area (Å²) in [6.45, 7) is 5.30. The Kier molecular flexibility index (Phi) is 4.44. The van der Waals surface area contributed by atoms with Crippen LogP contribution in [-0.4, -0.2) is 44.9 Å². The molecule has 2 aromatic heterocycles. The molecule has 0 bridgehead atoms. The molecular formula is C14H20ClFN6. The maximum absolute atomic E-state index is 13.9. The Morgan fingerprint density at radius 1 is 1.59 bits per heavy atom. The van der Waals surface area contributed by atoms with Crippen molar-refractivity contribution in [3.63, 3.8) is 0 Å². The van der Waals surface area contributed by atoms with Gasteiger partial charge in [0.25, 0.3) is 0 Å². The van der Waals surface area contributed by atoms with Gasteiger partial charge in [0.15, 0.2) is 5.15 Å². The molecule has 0 spiro atoms. The summed E-state index contributed by atoms with van der Waals surface area (Å²) in [6, 6.07) is -0.273. The van der Waals surface area contributed by atoms with Gasteiger partial charge in [-0.15, -0.1) is 5.10 Å². The molecule has 1 unspecified atom stereocenters. The molecule has 2 aromatic rings. The molecule has 8 heteroatoms. The molecule has 0 aliphatic carbocycles. The topological polar surface area (TPSA) is 67.1 Å². The molecule has 6 nitrogen and oxygen atoms in total. The molecule has 1 aliphatic heterocycles. The van der Waals surface area contributed by atoms with E-state index in [1.807, 2.05) is 0 Å². The van der Waals surface area contributed by atoms with Crippen molar-refractivity contribution in [2.24, 2.45) is 0 Å². The first kappa shape index (κ1) is 15.4. The third-order valence-electron chi connectivity index (χ3n) is 4.15. The van der Waals surface area contributed by atoms with Gasteiger partial charge in [0.05, 0.1) is 12.2 Å². The Hall–Kier alpha value is -1.47. The summed E-state index contributed by atoms with van der Waals surface area (Å²) in [6.07, 6.45) is 2.31. The lowest BCUT2D eigenvalue weighted by Gasteiger charge is -2.27. The fraction of sp³-hybridized carbons (Fsp3) is 0.643. The van der Waals surface area contributed by atoms with Gasteiger partial charge in [-0.25, -0.2) is 18.9 Å². The van der Waals surface area contributed by atoms with E-state index >= 15 is 0 Å². The summed E-state index contributed by atoms with van der Waals surface area (Å²) in [5.41, 5.74) is 0.671. The van der Waals surface area contributed by atoms with Crippen LogP contribution in [0.2, 0.25) is 5.15 Å². The Bertz CT molecular complexity index is 660. The van der Waals surface area contributed by atoms with Crippen LogP contribution in [0.1, 0.15) is 38.4 Å². The van der Waals surface area contributed by atoms with E-state index in [1.165, 1.54) is 0 Å². The van der Waals surface area contributed by atoms with E-state index in [-0.39, 0.29) is 12.0 Å². The highest BCUT2D eigenvalue weighted by atomic mass is 35.5. The molecular weight excluding hydrogens is 307 g/mol. The summed E-state index contributed by atoms with van der Waals surface area (Å²) in [4.78, 5) is 8.62. The molecule has 1 fully saturated rings. The lowest BCUT2D eigenvalue weighted by molar-refractivity contribution is 0.244. The normalized spacial score (nSPS) is 23.6. The molecule has 3 heterocycles. The van der Waals surface area contributed by atoms with E-state index in [0.29, 0.717) is 29.6 Å². The van der Waals surface area contributed by atoms with Gasteiger partial charge in [-0.05, 0) is 19.4 Å². The maximum Gasteiger partial charge on any atom is 0.241 e. The van der Waals surface area contributed by atoms with Crippen LogP contribution in [0, 0.1) is 0 Å². The van der Waals surface area contributed by atoms with Crippen molar-refractivity contribution in [1.82, 2.24) is 24.9 Å². The van der Waals surface area contributed by atoms with Crippen molar-refractivity contribution in [2.75, 3.05) is 18.4 Å². The van der Waals surface area contributed by atoms with E-state index in [1.54, 1.807) is 10.7 Å². The van der Waals surface area contributed by atoms with Crippen LogP contribution in [0.15, 0.2) is 6.20 Å². The molecule has 1 aliphatic rings. The largest absolute Gasteiger partial charge is 0.347 e. The molecule has 0 saturated carbocycles. The first-order valence-electron chi connectivity index (χ1n) is 7.62. The SMILES string of the molecule is CCC(C)c1nc(Cl)c2cnc(N[C@@H]3CCNC[C@@H]3F)nn12. The Labute approximate surface area is 133 Å². The van der Waals surface area contributed by atoms with E-state index in [9.17, 15) is 4.39 Å². The molecule has 2 N–H and O–H groups in total. The number of aromatic nitrogens is 4. The van der Waals surface area contributed by atoms with Crippen LogP contribution in [0.4, 0.5) is 10.3 Å². The Balaban J connectivity index is 1.91. The third kappa shape index (κ3) is 2.87. The fourth-order valence-electron chi connectivity index (χ4n) is 2.59. The predicted octanol–water partition coefficient (Wildman–Crippen LogP) is 2.40. The van der Waals surface area contributed by atoms with Crippen LogP contribution in [-0.2, 0) is 0 Å². The summed E-state index contributed by atoms with van der Waals surface area (Å²) in [5, 5.41) is 11.0. The van der Waals surface area contributed by atoms with Gasteiger partial charge in [0.2, 0.25) is 5.95 Å². The number of halogens is 2. The standard InChI is InChI=1S/C14H20ClFN6/c1-3-8(2)13-20-12(15)11-7-18-14(21-22(11)13)19-10-4-5-17-6-9(10)16/h7-10,17H,3-6H2,1-2H3,(H,19,21)/t8?,9-,10+/m0/s1. The summed E-state index contributed by atoms with van der Waals surface area (Å²) in [7, 11) is 0. The minimum Gasteiger partial charge on any atom is -0.347 e. The highest BCUT2D eigenvalue weighted by Crippen LogP contribution is 2.24. The lowest BCUT2D eigenvalue weighted by atomic mass is 10.1. The Morgan fingerprint density at radius 3 is 3.14 bits per heavy atom. The zero-order valence-electron chi connectivity index (χ0n) is 12.7. The zero-order valence-corrected chi connectivity index (χ0v) is 13.4. The number of nitrogens with zero attached hydrogens (tertiary/aromatic N) is 4. The van der Waals surface area contributed by atoms with Crippen LogP contribution < -0.4 is 10.6 Å². The summed E-state index contributed by atoms with van der Waals surface area (Å²) in [5.74, 6) is 1.44. The minimum absolute atomic E-state index is 0.232. The molecule has 3 rings (SSSR count). The number of piperidine rings is 1. The van der Waals surface area contributed by atoms with Gasteiger partial charge in [-0.3, -0.25) is 0 Å². The number of anilines is 1. The quantitative estimate of drug-likeness (QED) is 0.903. The van der Waals surface area contributed by atoms with E-state index < -0.39 is 6.17 Å². The number of rotatable bonds is 4. The van der Waals surface area contributed by atoms with E-state index in [0.717, 1.165) is 18.8 Å². The minimum atomic E-state index is -0.951. The first-order chi connectivity index (χ1) is 10.6. The van der Waals surface area contributed by atoms with Gasteiger partial charge in [-0.1, -0.05) is 25.4 Å². The highest BCUT2D eigenvalue weighted by molar-refractivity contribution is 6.32. The van der Waals surface area contributed by atoms with Gasteiger partial charge in [0, 0.05) is 12.5 Å². The number of alkyl halides is 1. The second kappa shape index (κ2) is 6.34. The first-order valence-corrected chi connectivity index (χ1v) is 8.00. The van der Waals surface area contributed by atoms with Gasteiger partial charge in [-0.2, -0.15) is 0 Å². The highest BCUT2D eigenvalue weighted by Gasteiger charge is 2.25. The summed E-state index contributed by atoms with van der Waals surface area (Å²) >= 11 is 6.15. The third-order valence-corrected chi connectivity index (χ3v) is 4.43. The molecule has 1 saturated heterocycles. The molecule has 0 radical (unpaired) electrons.